The van der Waals surface area contributed by atoms with Gasteiger partial charge in [-0.2, -0.15) is 0 Å². The summed E-state index contributed by atoms with van der Waals surface area (Å²) in [5.41, 5.74) is 0. The van der Waals surface area contributed by atoms with Crippen LogP contribution >= 0.6 is 0 Å². The minimum absolute atomic E-state index is 0.0601. The van der Waals surface area contributed by atoms with Crippen LogP contribution in [0.3, 0.4) is 0 Å². The minimum Gasteiger partial charge on any atom is -0.383 e. The summed E-state index contributed by atoms with van der Waals surface area (Å²) >= 11 is 0. The fourth-order valence-corrected chi connectivity index (χ4v) is 0.588. The highest BCUT2D eigenvalue weighted by Crippen LogP contribution is 1.80. The van der Waals surface area contributed by atoms with Gasteiger partial charge in [0.1, 0.15) is 0 Å². The molecule has 0 bridgehead atoms. The Hall–Kier alpha value is -0.770. The Morgan fingerprint density at radius 2 is 2.30 bits per heavy atom. The van der Waals surface area contributed by atoms with E-state index >= 15 is 0 Å². The number of hydrogen-bond donors (Lipinski definition) is 2. The summed E-state index contributed by atoms with van der Waals surface area (Å²) in [5, 5.41) is 5.10. The first-order chi connectivity index (χ1) is 4.70. The topological polar surface area (TPSA) is 50.4 Å². The molecule has 0 aromatic carbocycles. The number of amides is 2. The van der Waals surface area contributed by atoms with Crippen LogP contribution in [0, 0.1) is 0 Å². The number of carbonyl (C=O) groups excluding carboxylic acids is 1. The number of methoxy groups -OCH3 is 1. The highest BCUT2D eigenvalue weighted by Gasteiger charge is 2.02. The predicted molar refractivity (Wildman–Crippen MR) is 38.9 cm³/mol. The largest absolute Gasteiger partial charge is 0.383 e. The summed E-state index contributed by atoms with van der Waals surface area (Å²) in [6.45, 7) is 2.41. The molecule has 0 fully saturated rings. The van der Waals surface area contributed by atoms with Crippen molar-refractivity contribution in [3.05, 3.63) is 0 Å². The normalized spacial score (nSPS) is 12.3. The molecule has 0 heterocycles. The molecule has 0 aliphatic carbocycles. The summed E-state index contributed by atoms with van der Waals surface area (Å²) < 4.78 is 4.81. The average Bonchev–Trinajstić information content (AvgIpc) is 1.88. The van der Waals surface area contributed by atoms with E-state index in [0.717, 1.165) is 0 Å². The molecule has 0 spiro atoms. The van der Waals surface area contributed by atoms with Crippen LogP contribution in [-0.4, -0.2) is 32.8 Å². The molecule has 0 aromatic heterocycles. The van der Waals surface area contributed by atoms with Gasteiger partial charge in [-0.15, -0.1) is 0 Å². The Kier molecular flexibility index (Phi) is 4.66. The van der Waals surface area contributed by atoms with Gasteiger partial charge in [0.05, 0.1) is 12.6 Å². The van der Waals surface area contributed by atoms with Gasteiger partial charge in [-0.05, 0) is 6.92 Å². The Morgan fingerprint density at radius 1 is 1.70 bits per heavy atom. The van der Waals surface area contributed by atoms with E-state index in [1.807, 2.05) is 6.92 Å². The van der Waals surface area contributed by atoms with Crippen LogP contribution in [0.4, 0.5) is 4.79 Å². The lowest BCUT2D eigenvalue weighted by molar-refractivity contribution is 0.171. The molecule has 0 rings (SSSR count). The predicted octanol–water partition coefficient (Wildman–Crippen LogP) is -0.0497. The maximum atomic E-state index is 10.6. The third kappa shape index (κ3) is 4.14. The van der Waals surface area contributed by atoms with Gasteiger partial charge in [-0.3, -0.25) is 0 Å². The highest BCUT2D eigenvalue weighted by atomic mass is 16.5. The van der Waals surface area contributed by atoms with E-state index < -0.39 is 0 Å². The summed E-state index contributed by atoms with van der Waals surface area (Å²) in [5.74, 6) is 0. The van der Waals surface area contributed by atoms with Crippen LogP contribution in [0.5, 0.6) is 0 Å². The van der Waals surface area contributed by atoms with Crippen molar-refractivity contribution in [3.63, 3.8) is 0 Å². The molecule has 4 heteroatoms. The Morgan fingerprint density at radius 3 is 2.70 bits per heavy atom. The Bertz CT molecular complexity index is 106. The number of nitrogens with one attached hydrogen (secondary N) is 2. The van der Waals surface area contributed by atoms with Crippen molar-refractivity contribution >= 4 is 6.03 Å². The van der Waals surface area contributed by atoms with E-state index in [1.165, 1.54) is 0 Å². The zero-order valence-electron chi connectivity index (χ0n) is 6.60. The van der Waals surface area contributed by atoms with Gasteiger partial charge in [-0.1, -0.05) is 0 Å². The lowest BCUT2D eigenvalue weighted by Gasteiger charge is -2.11. The lowest BCUT2D eigenvalue weighted by Crippen LogP contribution is -2.40. The van der Waals surface area contributed by atoms with Gasteiger partial charge in [-0.25, -0.2) is 4.79 Å². The average molecular weight is 146 g/mol. The number of urea groups is 1. The van der Waals surface area contributed by atoms with Crippen molar-refractivity contribution in [1.82, 2.24) is 10.6 Å². The van der Waals surface area contributed by atoms with E-state index in [1.54, 1.807) is 14.2 Å². The molecular weight excluding hydrogens is 132 g/mol. The monoisotopic (exact) mass is 146 g/mol. The van der Waals surface area contributed by atoms with Crippen LogP contribution in [0.2, 0.25) is 0 Å². The van der Waals surface area contributed by atoms with E-state index in [-0.39, 0.29) is 12.1 Å². The number of ether oxygens (including phenoxy) is 1. The second-order valence-corrected chi connectivity index (χ2v) is 2.08. The van der Waals surface area contributed by atoms with Gasteiger partial charge < -0.3 is 15.4 Å². The van der Waals surface area contributed by atoms with Gasteiger partial charge >= 0.3 is 6.03 Å². The molecule has 10 heavy (non-hydrogen) atoms. The fourth-order valence-electron chi connectivity index (χ4n) is 0.588. The number of rotatable bonds is 3. The summed E-state index contributed by atoms with van der Waals surface area (Å²) in [6.07, 6.45) is 0. The minimum atomic E-state index is -0.176. The molecule has 0 saturated heterocycles. The zero-order chi connectivity index (χ0) is 7.98. The first-order valence-electron chi connectivity index (χ1n) is 3.18. The van der Waals surface area contributed by atoms with Gasteiger partial charge in [0.15, 0.2) is 0 Å². The van der Waals surface area contributed by atoms with Gasteiger partial charge in [0, 0.05) is 14.2 Å². The second-order valence-electron chi connectivity index (χ2n) is 2.08. The summed E-state index contributed by atoms with van der Waals surface area (Å²) in [7, 11) is 3.18. The van der Waals surface area contributed by atoms with E-state index in [2.05, 4.69) is 10.6 Å². The van der Waals surface area contributed by atoms with Gasteiger partial charge in [0.25, 0.3) is 0 Å². The summed E-state index contributed by atoms with van der Waals surface area (Å²) in [4.78, 5) is 10.6. The number of hydrogen-bond acceptors (Lipinski definition) is 2. The third-order valence-corrected chi connectivity index (χ3v) is 1.02. The summed E-state index contributed by atoms with van der Waals surface area (Å²) in [6, 6.07) is -0.116. The molecule has 4 nitrogen and oxygen atoms in total. The second kappa shape index (κ2) is 5.05. The standard InChI is InChI=1S/C6H14N2O2/c1-5(4-10-3)8-6(9)7-2/h5H,4H2,1-3H3,(H2,7,8,9). The zero-order valence-corrected chi connectivity index (χ0v) is 6.60. The van der Waals surface area contributed by atoms with Crippen molar-refractivity contribution in [3.8, 4) is 0 Å². The fraction of sp³-hybridized carbons (Fsp3) is 0.833. The van der Waals surface area contributed by atoms with Crippen molar-refractivity contribution in [2.75, 3.05) is 20.8 Å². The molecule has 2 N–H and O–H groups in total. The molecular formula is C6H14N2O2. The molecule has 0 aliphatic rings. The van der Waals surface area contributed by atoms with Gasteiger partial charge in [0.2, 0.25) is 0 Å². The van der Waals surface area contributed by atoms with Crippen molar-refractivity contribution < 1.29 is 9.53 Å². The molecule has 0 saturated carbocycles. The van der Waals surface area contributed by atoms with Crippen LogP contribution in [0.15, 0.2) is 0 Å². The van der Waals surface area contributed by atoms with Crippen LogP contribution < -0.4 is 10.6 Å². The Balaban J connectivity index is 3.37. The van der Waals surface area contributed by atoms with Crippen LogP contribution in [0.25, 0.3) is 0 Å². The van der Waals surface area contributed by atoms with Crippen molar-refractivity contribution in [2.24, 2.45) is 0 Å². The third-order valence-electron chi connectivity index (χ3n) is 1.02. The quantitative estimate of drug-likeness (QED) is 0.586. The van der Waals surface area contributed by atoms with E-state index in [9.17, 15) is 4.79 Å². The van der Waals surface area contributed by atoms with Crippen molar-refractivity contribution in [2.45, 2.75) is 13.0 Å². The van der Waals surface area contributed by atoms with Crippen LogP contribution in [-0.2, 0) is 4.74 Å². The van der Waals surface area contributed by atoms with Crippen molar-refractivity contribution in [1.29, 1.82) is 0 Å². The molecule has 0 radical (unpaired) electrons. The molecule has 60 valence electrons. The lowest BCUT2D eigenvalue weighted by atomic mass is 10.4. The SMILES string of the molecule is CNC(=O)NC(C)COC. The molecule has 0 aromatic rings. The van der Waals surface area contributed by atoms with E-state index in [0.29, 0.717) is 6.61 Å². The maximum Gasteiger partial charge on any atom is 0.314 e. The molecule has 0 aliphatic heterocycles. The smallest absolute Gasteiger partial charge is 0.314 e. The van der Waals surface area contributed by atoms with Crippen LogP contribution in [0.1, 0.15) is 6.92 Å². The van der Waals surface area contributed by atoms with E-state index in [4.69, 9.17) is 4.74 Å². The maximum absolute atomic E-state index is 10.6. The molecule has 2 amide bonds. The first kappa shape index (κ1) is 9.23. The molecule has 1 atom stereocenters. The number of carbonyl (C=O) groups is 1. The molecule has 1 unspecified atom stereocenters. The first-order valence-corrected chi connectivity index (χ1v) is 3.18. The highest BCUT2D eigenvalue weighted by molar-refractivity contribution is 5.73. The Labute approximate surface area is 60.9 Å².